The van der Waals surface area contributed by atoms with Gasteiger partial charge in [-0.25, -0.2) is 18.4 Å². The van der Waals surface area contributed by atoms with E-state index in [1.165, 1.54) is 12.3 Å². The first-order chi connectivity index (χ1) is 14.1. The van der Waals surface area contributed by atoms with Crippen LogP contribution in [0.3, 0.4) is 0 Å². The fraction of sp³-hybridized carbons (Fsp3) is 0.421. The molecule has 0 bridgehead atoms. The highest BCUT2D eigenvalue weighted by atomic mass is 35.5. The molecule has 0 unspecified atom stereocenters. The second-order valence-electron chi connectivity index (χ2n) is 7.26. The molecule has 0 aliphatic heterocycles. The lowest BCUT2D eigenvalue weighted by molar-refractivity contribution is 0.520. The van der Waals surface area contributed by atoms with Crippen molar-refractivity contribution < 1.29 is 8.42 Å². The predicted octanol–water partition coefficient (Wildman–Crippen LogP) is 2.61. The van der Waals surface area contributed by atoms with Crippen LogP contribution in [0.4, 0.5) is 5.82 Å². The third-order valence-corrected chi connectivity index (χ3v) is 6.35. The van der Waals surface area contributed by atoms with Gasteiger partial charge in [-0.3, -0.25) is 14.3 Å². The van der Waals surface area contributed by atoms with Gasteiger partial charge in [0.1, 0.15) is 5.52 Å². The van der Waals surface area contributed by atoms with Gasteiger partial charge in [0.05, 0.1) is 28.6 Å². The molecule has 0 spiro atoms. The highest BCUT2D eigenvalue weighted by molar-refractivity contribution is 7.91. The largest absolute Gasteiger partial charge is 0.360 e. The minimum Gasteiger partial charge on any atom is -0.360 e. The average molecular weight is 451 g/mol. The molecule has 3 rings (SSSR count). The van der Waals surface area contributed by atoms with Gasteiger partial charge in [0.15, 0.2) is 21.3 Å². The van der Waals surface area contributed by atoms with Crippen LogP contribution >= 0.6 is 11.6 Å². The molecule has 3 aromatic rings. The number of anilines is 1. The van der Waals surface area contributed by atoms with Crippen LogP contribution in [0.5, 0.6) is 0 Å². The number of hydrogen-bond donors (Lipinski definition) is 1. The van der Waals surface area contributed by atoms with Crippen molar-refractivity contribution in [1.29, 1.82) is 0 Å². The van der Waals surface area contributed by atoms with Gasteiger partial charge in [-0.15, -0.1) is 0 Å². The van der Waals surface area contributed by atoms with Crippen molar-refractivity contribution in [2.75, 3.05) is 11.1 Å². The Morgan fingerprint density at radius 1 is 1.20 bits per heavy atom. The second-order valence-corrected chi connectivity index (χ2v) is 9.88. The quantitative estimate of drug-likeness (QED) is 0.545. The van der Waals surface area contributed by atoms with Gasteiger partial charge in [-0.2, -0.15) is 4.98 Å². The smallest absolute Gasteiger partial charge is 0.294 e. The molecule has 0 saturated carbocycles. The fourth-order valence-corrected chi connectivity index (χ4v) is 3.94. The maximum absolute atomic E-state index is 13.0. The maximum Gasteiger partial charge on any atom is 0.294 e. The summed E-state index contributed by atoms with van der Waals surface area (Å²) >= 11 is 5.99. The molecule has 9 nitrogen and oxygen atoms in total. The molecule has 0 fully saturated rings. The van der Waals surface area contributed by atoms with Gasteiger partial charge >= 0.3 is 0 Å². The van der Waals surface area contributed by atoms with Gasteiger partial charge in [-0.05, 0) is 36.6 Å². The molecule has 0 atom stereocenters. The molecule has 11 heteroatoms. The van der Waals surface area contributed by atoms with Crippen LogP contribution in [0.1, 0.15) is 32.2 Å². The Labute approximate surface area is 179 Å². The first-order valence-electron chi connectivity index (χ1n) is 9.48. The summed E-state index contributed by atoms with van der Waals surface area (Å²) in [6.07, 6.45) is 1.32. The van der Waals surface area contributed by atoms with Crippen LogP contribution < -0.4 is 10.9 Å². The zero-order valence-electron chi connectivity index (χ0n) is 17.2. The minimum atomic E-state index is -3.31. The van der Waals surface area contributed by atoms with Crippen molar-refractivity contribution in [3.8, 4) is 0 Å². The van der Waals surface area contributed by atoms with Crippen molar-refractivity contribution in [3.05, 3.63) is 45.4 Å². The van der Waals surface area contributed by atoms with Crippen LogP contribution in [-0.2, 0) is 22.9 Å². The van der Waals surface area contributed by atoms with Crippen molar-refractivity contribution >= 4 is 38.4 Å². The summed E-state index contributed by atoms with van der Waals surface area (Å²) in [4.78, 5) is 30.1. The number of hydrogen-bond acceptors (Lipinski definition) is 8. The van der Waals surface area contributed by atoms with E-state index >= 15 is 0 Å². The number of halogens is 1. The molecule has 160 valence electrons. The molecule has 0 aromatic carbocycles. The van der Waals surface area contributed by atoms with E-state index in [2.05, 4.69) is 25.3 Å². The zero-order chi connectivity index (χ0) is 22.1. The van der Waals surface area contributed by atoms with Gasteiger partial charge in [0.2, 0.25) is 5.28 Å². The normalized spacial score (nSPS) is 11.9. The fourth-order valence-electron chi connectivity index (χ4n) is 2.91. The third kappa shape index (κ3) is 4.59. The topological polar surface area (TPSA) is 120 Å². The van der Waals surface area contributed by atoms with Crippen LogP contribution in [0.2, 0.25) is 5.28 Å². The molecule has 1 N–H and O–H groups in total. The molecule has 0 aliphatic carbocycles. The number of sulfone groups is 1. The average Bonchev–Trinajstić information content (AvgIpc) is 2.69. The van der Waals surface area contributed by atoms with Crippen LogP contribution in [0.25, 0.3) is 11.2 Å². The summed E-state index contributed by atoms with van der Waals surface area (Å²) in [5.74, 6) is 0.350. The summed E-state index contributed by atoms with van der Waals surface area (Å²) in [6, 6.07) is 3.12. The lowest BCUT2D eigenvalue weighted by Gasteiger charge is -2.15. The van der Waals surface area contributed by atoms with Gasteiger partial charge in [0.25, 0.3) is 5.56 Å². The number of nitrogens with one attached hydrogen (secondary N) is 1. The van der Waals surface area contributed by atoms with E-state index in [-0.39, 0.29) is 39.8 Å². The summed E-state index contributed by atoms with van der Waals surface area (Å²) in [6.45, 7) is 7.98. The lowest BCUT2D eigenvalue weighted by atomic mass is 10.2. The molecule has 0 aliphatic rings. The minimum absolute atomic E-state index is 0.00805. The number of fused-ring (bicyclic) bond motifs is 1. The molecule has 0 amide bonds. The molecule has 0 saturated heterocycles. The summed E-state index contributed by atoms with van der Waals surface area (Å²) < 4.78 is 25.4. The second kappa shape index (κ2) is 8.65. The van der Waals surface area contributed by atoms with Crippen LogP contribution in [0, 0.1) is 12.8 Å². The third-order valence-electron chi connectivity index (χ3n) is 4.46. The number of aromatic nitrogens is 5. The summed E-state index contributed by atoms with van der Waals surface area (Å²) in [5, 5.41) is 3.06. The molecular formula is C19H23ClN6O3S. The lowest BCUT2D eigenvalue weighted by Crippen LogP contribution is -2.28. The Hall–Kier alpha value is -2.59. The van der Waals surface area contributed by atoms with Gasteiger partial charge in [0, 0.05) is 12.7 Å². The van der Waals surface area contributed by atoms with Crippen molar-refractivity contribution in [1.82, 2.24) is 24.5 Å². The number of pyridine rings is 1. The highest BCUT2D eigenvalue weighted by Crippen LogP contribution is 2.17. The van der Waals surface area contributed by atoms with Gasteiger partial charge < -0.3 is 5.32 Å². The Balaban J connectivity index is 1.96. The first-order valence-corrected chi connectivity index (χ1v) is 11.5. The molecule has 30 heavy (non-hydrogen) atoms. The van der Waals surface area contributed by atoms with E-state index in [9.17, 15) is 13.2 Å². The number of aryl methyl sites for hydroxylation is 1. The first kappa shape index (κ1) is 22.1. The molecule has 3 heterocycles. The summed E-state index contributed by atoms with van der Waals surface area (Å²) in [7, 11) is -3.31. The standard InChI is InChI=1S/C19H23ClN6O3S/c1-5-30(28,29)14-7-6-13(21-9-14)8-22-16-18(27)26(10-11(2)3)17-15(24-16)12(4)23-19(20)25-17/h6-7,9,11H,5,8,10H2,1-4H3,(H,22,24). The Morgan fingerprint density at radius 3 is 2.53 bits per heavy atom. The Kier molecular flexibility index (Phi) is 6.37. The summed E-state index contributed by atoms with van der Waals surface area (Å²) in [5.41, 5.74) is 1.70. The van der Waals surface area contributed by atoms with Crippen LogP contribution in [-0.4, -0.2) is 38.7 Å². The van der Waals surface area contributed by atoms with E-state index in [1.807, 2.05) is 13.8 Å². The van der Waals surface area contributed by atoms with E-state index in [0.29, 0.717) is 29.1 Å². The van der Waals surface area contributed by atoms with Crippen molar-refractivity contribution in [3.63, 3.8) is 0 Å². The van der Waals surface area contributed by atoms with Gasteiger partial charge in [-0.1, -0.05) is 20.8 Å². The van der Waals surface area contributed by atoms with E-state index in [4.69, 9.17) is 11.6 Å². The highest BCUT2D eigenvalue weighted by Gasteiger charge is 2.17. The van der Waals surface area contributed by atoms with Crippen molar-refractivity contribution in [2.45, 2.75) is 45.7 Å². The predicted molar refractivity (Wildman–Crippen MR) is 115 cm³/mol. The monoisotopic (exact) mass is 450 g/mol. The number of rotatable bonds is 7. The van der Waals surface area contributed by atoms with E-state index in [1.54, 1.807) is 24.5 Å². The van der Waals surface area contributed by atoms with Crippen molar-refractivity contribution in [2.24, 2.45) is 5.92 Å². The Morgan fingerprint density at radius 2 is 1.93 bits per heavy atom. The SMILES string of the molecule is CCS(=O)(=O)c1ccc(CNc2nc3c(C)nc(Cl)nc3n(CC(C)C)c2=O)nc1. The number of nitrogens with zero attached hydrogens (tertiary/aromatic N) is 5. The van der Waals surface area contributed by atoms with E-state index in [0.717, 1.165) is 0 Å². The van der Waals surface area contributed by atoms with Crippen LogP contribution in [0.15, 0.2) is 28.0 Å². The zero-order valence-corrected chi connectivity index (χ0v) is 18.8. The molecular weight excluding hydrogens is 428 g/mol. The Bertz CT molecular complexity index is 1240. The molecule has 0 radical (unpaired) electrons. The van der Waals surface area contributed by atoms with E-state index < -0.39 is 9.84 Å². The maximum atomic E-state index is 13.0. The molecule has 3 aromatic heterocycles.